The molecule has 7 heteroatoms. The van der Waals surface area contributed by atoms with Gasteiger partial charge in [-0.3, -0.25) is 4.57 Å². The minimum atomic E-state index is -0.571. The second kappa shape index (κ2) is 5.35. The number of benzene rings is 1. The van der Waals surface area contributed by atoms with E-state index in [2.05, 4.69) is 10.1 Å². The molecule has 1 aliphatic rings. The van der Waals surface area contributed by atoms with Crippen LogP contribution in [0.1, 0.15) is 6.42 Å². The van der Waals surface area contributed by atoms with Crippen molar-refractivity contribution < 1.29 is 13.9 Å². The van der Waals surface area contributed by atoms with E-state index in [1.54, 1.807) is 40.4 Å². The van der Waals surface area contributed by atoms with E-state index < -0.39 is 12.0 Å². The number of halogens is 1. The van der Waals surface area contributed by atoms with Gasteiger partial charge in [-0.2, -0.15) is 5.10 Å². The molecule has 0 N–H and O–H groups in total. The van der Waals surface area contributed by atoms with Crippen LogP contribution in [-0.2, 0) is 9.53 Å². The van der Waals surface area contributed by atoms with Crippen LogP contribution in [-0.4, -0.2) is 34.5 Å². The molecule has 2 aromatic rings. The molecule has 1 unspecified atom stereocenters. The molecule has 1 aromatic heterocycles. The smallest absolute Gasteiger partial charge is 0.331 e. The molecule has 0 fully saturated rings. The highest BCUT2D eigenvalue weighted by Gasteiger charge is 2.35. The van der Waals surface area contributed by atoms with Crippen LogP contribution < -0.4 is 5.01 Å². The number of carbonyl (C=O) groups is 1. The van der Waals surface area contributed by atoms with E-state index in [9.17, 15) is 9.18 Å². The minimum absolute atomic E-state index is 0.341. The number of aromatic nitrogens is 2. The quantitative estimate of drug-likeness (QED) is 0.788. The Morgan fingerprint density at radius 1 is 1.38 bits per heavy atom. The lowest BCUT2D eigenvalue weighted by atomic mass is 10.2. The zero-order chi connectivity index (χ0) is 14.8. The number of rotatable bonds is 2. The van der Waals surface area contributed by atoms with Crippen LogP contribution in [0.4, 0.5) is 10.1 Å². The van der Waals surface area contributed by atoms with Gasteiger partial charge in [-0.1, -0.05) is 0 Å². The van der Waals surface area contributed by atoms with E-state index in [-0.39, 0.29) is 5.82 Å². The van der Waals surface area contributed by atoms with Gasteiger partial charge in [0.05, 0.1) is 12.8 Å². The molecule has 1 atom stereocenters. The zero-order valence-electron chi connectivity index (χ0n) is 11.3. The third kappa shape index (κ3) is 2.49. The highest BCUT2D eigenvalue weighted by molar-refractivity contribution is 5.95. The van der Waals surface area contributed by atoms with Crippen molar-refractivity contribution in [2.75, 3.05) is 12.1 Å². The van der Waals surface area contributed by atoms with Crippen LogP contribution in [0.5, 0.6) is 0 Å². The van der Waals surface area contributed by atoms with E-state index in [4.69, 9.17) is 4.74 Å². The fourth-order valence-electron chi connectivity index (χ4n) is 2.21. The number of hydrogen-bond donors (Lipinski definition) is 0. The largest absolute Gasteiger partial charge is 0.467 e. The number of ether oxygens (including phenoxy) is 1. The van der Waals surface area contributed by atoms with Crippen molar-refractivity contribution in [3.8, 4) is 0 Å². The molecule has 0 saturated carbocycles. The van der Waals surface area contributed by atoms with Crippen molar-refractivity contribution in [2.24, 2.45) is 5.10 Å². The second-order valence-corrected chi connectivity index (χ2v) is 4.55. The summed E-state index contributed by atoms with van der Waals surface area (Å²) in [7, 11) is 1.33. The van der Waals surface area contributed by atoms with Gasteiger partial charge in [0.15, 0.2) is 6.04 Å². The summed E-state index contributed by atoms with van der Waals surface area (Å²) in [6, 6.07) is 5.23. The number of hydrazone groups is 1. The van der Waals surface area contributed by atoms with E-state index in [0.29, 0.717) is 17.9 Å². The normalized spacial score (nSPS) is 17.7. The molecular formula is C14H13FN4O2. The predicted molar refractivity (Wildman–Crippen MR) is 74.4 cm³/mol. The van der Waals surface area contributed by atoms with E-state index in [0.717, 1.165) is 0 Å². The highest BCUT2D eigenvalue weighted by Crippen LogP contribution is 2.26. The molecule has 1 aromatic carbocycles. The Morgan fingerprint density at radius 2 is 2.14 bits per heavy atom. The third-order valence-corrected chi connectivity index (χ3v) is 3.26. The molecule has 0 bridgehead atoms. The van der Waals surface area contributed by atoms with E-state index in [1.165, 1.54) is 19.2 Å². The Morgan fingerprint density at radius 3 is 2.76 bits per heavy atom. The van der Waals surface area contributed by atoms with Gasteiger partial charge in [0.1, 0.15) is 18.0 Å². The first-order valence-corrected chi connectivity index (χ1v) is 6.37. The molecule has 0 amide bonds. The topological polar surface area (TPSA) is 59.7 Å². The summed E-state index contributed by atoms with van der Waals surface area (Å²) in [6.45, 7) is 0. The number of methoxy groups -OCH3 is 1. The predicted octanol–water partition coefficient (Wildman–Crippen LogP) is 1.64. The Balaban J connectivity index is 1.96. The minimum Gasteiger partial charge on any atom is -0.467 e. The summed E-state index contributed by atoms with van der Waals surface area (Å²) in [6.07, 6.45) is 5.39. The Labute approximate surface area is 120 Å². The number of carbonyl (C=O) groups excluding carboxylic acids is 1. The average molecular weight is 288 g/mol. The van der Waals surface area contributed by atoms with Gasteiger partial charge in [-0.05, 0) is 24.3 Å². The fraction of sp³-hybridized carbons (Fsp3) is 0.214. The first-order chi connectivity index (χ1) is 10.2. The summed E-state index contributed by atoms with van der Waals surface area (Å²) >= 11 is 0. The van der Waals surface area contributed by atoms with Crippen LogP contribution in [0.15, 0.2) is 48.1 Å². The molecule has 0 aliphatic carbocycles. The van der Waals surface area contributed by atoms with Gasteiger partial charge in [0, 0.05) is 18.8 Å². The number of esters is 1. The van der Waals surface area contributed by atoms with Gasteiger partial charge in [-0.25, -0.2) is 19.2 Å². The molecule has 108 valence electrons. The summed E-state index contributed by atoms with van der Waals surface area (Å²) in [4.78, 5) is 15.9. The lowest BCUT2D eigenvalue weighted by molar-refractivity contribution is -0.141. The molecule has 6 nitrogen and oxygen atoms in total. The van der Waals surface area contributed by atoms with E-state index >= 15 is 0 Å². The SMILES string of the molecule is COC(=O)C1CC(n2ccnc2)=NN1c1ccc(F)cc1. The molecule has 0 spiro atoms. The van der Waals surface area contributed by atoms with Crippen molar-refractivity contribution in [3.63, 3.8) is 0 Å². The Bertz CT molecular complexity index is 667. The molecule has 0 saturated heterocycles. The third-order valence-electron chi connectivity index (χ3n) is 3.26. The molecule has 1 aliphatic heterocycles. The van der Waals surface area contributed by atoms with Crippen molar-refractivity contribution in [1.29, 1.82) is 0 Å². The van der Waals surface area contributed by atoms with Crippen LogP contribution in [0.2, 0.25) is 0 Å². The maximum Gasteiger partial charge on any atom is 0.331 e. The average Bonchev–Trinajstić information content (AvgIpc) is 3.16. The molecule has 3 rings (SSSR count). The first kappa shape index (κ1) is 13.3. The van der Waals surface area contributed by atoms with Crippen molar-refractivity contribution in [1.82, 2.24) is 9.55 Å². The second-order valence-electron chi connectivity index (χ2n) is 4.55. The van der Waals surface area contributed by atoms with Crippen LogP contribution >= 0.6 is 0 Å². The standard InChI is InChI=1S/C14H13FN4O2/c1-21-14(20)12-8-13(18-7-6-16-9-18)17-19(12)11-4-2-10(15)3-5-11/h2-7,9,12H,8H2,1H3. The van der Waals surface area contributed by atoms with Crippen molar-refractivity contribution in [3.05, 3.63) is 48.8 Å². The van der Waals surface area contributed by atoms with Crippen LogP contribution in [0.25, 0.3) is 0 Å². The van der Waals surface area contributed by atoms with Crippen LogP contribution in [0.3, 0.4) is 0 Å². The summed E-state index contributed by atoms with van der Waals surface area (Å²) < 4.78 is 19.6. The number of imidazole rings is 1. The van der Waals surface area contributed by atoms with Crippen LogP contribution in [0, 0.1) is 5.82 Å². The van der Waals surface area contributed by atoms with Gasteiger partial charge in [0.2, 0.25) is 0 Å². The molecule has 0 radical (unpaired) electrons. The number of hydrogen-bond acceptors (Lipinski definition) is 5. The van der Waals surface area contributed by atoms with Gasteiger partial charge < -0.3 is 4.74 Å². The zero-order valence-corrected chi connectivity index (χ0v) is 11.3. The lowest BCUT2D eigenvalue weighted by Gasteiger charge is -2.20. The first-order valence-electron chi connectivity index (χ1n) is 6.37. The lowest BCUT2D eigenvalue weighted by Crippen LogP contribution is -2.35. The van der Waals surface area contributed by atoms with Crippen molar-refractivity contribution in [2.45, 2.75) is 12.5 Å². The molecule has 21 heavy (non-hydrogen) atoms. The number of nitrogens with zero attached hydrogens (tertiary/aromatic N) is 4. The van der Waals surface area contributed by atoms with Crippen molar-refractivity contribution >= 4 is 17.5 Å². The Hall–Kier alpha value is -2.70. The Kier molecular flexibility index (Phi) is 3.39. The summed E-state index contributed by atoms with van der Waals surface area (Å²) in [5, 5.41) is 5.97. The van der Waals surface area contributed by atoms with Gasteiger partial charge >= 0.3 is 5.97 Å². The summed E-state index contributed by atoms with van der Waals surface area (Å²) in [5.74, 6) is -0.0585. The van der Waals surface area contributed by atoms with E-state index in [1.807, 2.05) is 0 Å². The molecular weight excluding hydrogens is 275 g/mol. The maximum absolute atomic E-state index is 13.0. The number of anilines is 1. The summed E-state index contributed by atoms with van der Waals surface area (Å²) in [5.41, 5.74) is 0.627. The molecule has 2 heterocycles. The van der Waals surface area contributed by atoms with Gasteiger partial charge in [-0.15, -0.1) is 0 Å². The maximum atomic E-state index is 13.0. The monoisotopic (exact) mass is 288 g/mol. The fourth-order valence-corrected chi connectivity index (χ4v) is 2.21. The highest BCUT2D eigenvalue weighted by atomic mass is 19.1. The van der Waals surface area contributed by atoms with Gasteiger partial charge in [0.25, 0.3) is 0 Å².